The number of hydrazone groups is 1. The van der Waals surface area contributed by atoms with Crippen LogP contribution in [0.2, 0.25) is 0 Å². The standard InChI is InChI=1S/C14H22N5S/c1-10(2)20-14(19(6)15)17-16-12-7-8-13(18(4)5)11(3)9-12/h7-9H,1,15H2,2-6H3/q+1. The maximum atomic E-state index is 5.72. The van der Waals surface area contributed by atoms with Gasteiger partial charge >= 0.3 is 5.17 Å². The summed E-state index contributed by atoms with van der Waals surface area (Å²) in [5, 5.41) is 9.01. The molecule has 0 radical (unpaired) electrons. The fourth-order valence-electron chi connectivity index (χ4n) is 1.62. The lowest BCUT2D eigenvalue weighted by atomic mass is 10.1. The van der Waals surface area contributed by atoms with Crippen molar-refractivity contribution in [3.8, 4) is 0 Å². The smallest absolute Gasteiger partial charge is 0.377 e. The molecule has 1 rings (SSSR count). The van der Waals surface area contributed by atoms with Crippen molar-refractivity contribution in [3.63, 3.8) is 0 Å². The summed E-state index contributed by atoms with van der Waals surface area (Å²) in [4.78, 5) is 2.98. The Hall–Kier alpha value is -1.82. The molecule has 0 spiro atoms. The molecule has 0 amide bonds. The highest BCUT2D eigenvalue weighted by Gasteiger charge is 2.12. The molecule has 1 aromatic rings. The zero-order chi connectivity index (χ0) is 15.3. The Morgan fingerprint density at radius 3 is 2.50 bits per heavy atom. The van der Waals surface area contributed by atoms with Crippen molar-refractivity contribution in [2.24, 2.45) is 16.1 Å². The van der Waals surface area contributed by atoms with E-state index in [1.807, 2.05) is 39.2 Å². The third kappa shape index (κ3) is 4.70. The minimum Gasteiger partial charge on any atom is -0.377 e. The topological polar surface area (TPSA) is 57.0 Å². The van der Waals surface area contributed by atoms with Gasteiger partial charge in [0.2, 0.25) is 0 Å². The Kier molecular flexibility index (Phi) is 5.76. The van der Waals surface area contributed by atoms with Crippen LogP contribution in [0, 0.1) is 6.92 Å². The number of hydrogen-bond acceptors (Lipinski definition) is 4. The molecule has 0 fully saturated rings. The van der Waals surface area contributed by atoms with Gasteiger partial charge in [-0.1, -0.05) is 6.58 Å². The van der Waals surface area contributed by atoms with Gasteiger partial charge in [0.15, 0.2) is 0 Å². The molecule has 1 aromatic carbocycles. The van der Waals surface area contributed by atoms with Crippen LogP contribution >= 0.6 is 11.8 Å². The number of thioether (sulfide) groups is 1. The van der Waals surface area contributed by atoms with E-state index in [1.54, 1.807) is 7.05 Å². The first-order valence-corrected chi connectivity index (χ1v) is 7.01. The van der Waals surface area contributed by atoms with E-state index >= 15 is 0 Å². The van der Waals surface area contributed by atoms with Crippen molar-refractivity contribution in [1.29, 1.82) is 0 Å². The number of hydrogen-bond donors (Lipinski definition) is 1. The zero-order valence-electron chi connectivity index (χ0n) is 12.7. The molecule has 0 atom stereocenters. The molecular weight excluding hydrogens is 270 g/mol. The molecule has 6 heteroatoms. The van der Waals surface area contributed by atoms with Crippen molar-refractivity contribution >= 4 is 28.3 Å². The van der Waals surface area contributed by atoms with E-state index in [9.17, 15) is 0 Å². The second-order valence-electron chi connectivity index (χ2n) is 4.76. The number of amidine groups is 1. The molecule has 108 valence electrons. The van der Waals surface area contributed by atoms with E-state index in [-0.39, 0.29) is 0 Å². The van der Waals surface area contributed by atoms with Crippen LogP contribution in [0.3, 0.4) is 0 Å². The Morgan fingerprint density at radius 2 is 2.05 bits per heavy atom. The normalized spacial score (nSPS) is 12.4. The van der Waals surface area contributed by atoms with Gasteiger partial charge in [-0.25, -0.2) is 0 Å². The van der Waals surface area contributed by atoms with Crippen LogP contribution in [0.4, 0.5) is 11.4 Å². The van der Waals surface area contributed by atoms with Crippen LogP contribution < -0.4 is 10.7 Å². The van der Waals surface area contributed by atoms with Gasteiger partial charge in [0.05, 0.1) is 5.11 Å². The monoisotopic (exact) mass is 292 g/mol. The van der Waals surface area contributed by atoms with Crippen LogP contribution in [-0.4, -0.2) is 31.0 Å². The van der Waals surface area contributed by atoms with Crippen molar-refractivity contribution in [1.82, 2.24) is 0 Å². The molecule has 0 bridgehead atoms. The number of hydrazine groups is 1. The Balaban J connectivity index is 2.98. The minimum atomic E-state index is 0.604. The van der Waals surface area contributed by atoms with Gasteiger partial charge < -0.3 is 4.90 Å². The summed E-state index contributed by atoms with van der Waals surface area (Å²) in [5.74, 6) is 5.72. The predicted molar refractivity (Wildman–Crippen MR) is 87.8 cm³/mol. The summed E-state index contributed by atoms with van der Waals surface area (Å²) in [6.07, 6.45) is 0. The third-order valence-electron chi connectivity index (χ3n) is 2.48. The van der Waals surface area contributed by atoms with Crippen LogP contribution in [0.1, 0.15) is 12.5 Å². The fourth-order valence-corrected chi connectivity index (χ4v) is 2.16. The lowest BCUT2D eigenvalue weighted by Gasteiger charge is -2.14. The van der Waals surface area contributed by atoms with Crippen molar-refractivity contribution in [2.45, 2.75) is 13.8 Å². The van der Waals surface area contributed by atoms with Crippen LogP contribution in [-0.2, 0) is 0 Å². The average molecular weight is 292 g/mol. The summed E-state index contributed by atoms with van der Waals surface area (Å²) in [7, 11) is 5.76. The molecule has 0 aliphatic heterocycles. The van der Waals surface area contributed by atoms with E-state index < -0.39 is 0 Å². The van der Waals surface area contributed by atoms with E-state index in [1.165, 1.54) is 22.1 Å². The molecule has 0 saturated carbocycles. The highest BCUT2D eigenvalue weighted by molar-refractivity contribution is 8.16. The van der Waals surface area contributed by atoms with Crippen molar-refractivity contribution < 1.29 is 4.68 Å². The maximum absolute atomic E-state index is 5.72. The second kappa shape index (κ2) is 7.09. The van der Waals surface area contributed by atoms with Gasteiger partial charge in [-0.15, -0.1) is 0 Å². The van der Waals surface area contributed by atoms with Crippen molar-refractivity contribution in [2.75, 3.05) is 26.0 Å². The number of aryl methyl sites for hydroxylation is 1. The number of nitrogens with zero attached hydrogens (tertiary/aromatic N) is 4. The number of rotatable bonds is 3. The largest absolute Gasteiger partial charge is 0.408 e. The average Bonchev–Trinajstić information content (AvgIpc) is 2.33. The first-order valence-electron chi connectivity index (χ1n) is 6.19. The van der Waals surface area contributed by atoms with Crippen LogP contribution in [0.5, 0.6) is 0 Å². The summed E-state index contributed by atoms with van der Waals surface area (Å²) in [6.45, 7) is 7.78. The number of azo groups is 1. The fraction of sp³-hybridized carbons (Fsp3) is 0.357. The quantitative estimate of drug-likeness (QED) is 0.232. The van der Waals surface area contributed by atoms with Gasteiger partial charge in [-0.2, -0.15) is 4.68 Å². The lowest BCUT2D eigenvalue weighted by molar-refractivity contribution is -0.507. The zero-order valence-corrected chi connectivity index (χ0v) is 13.5. The lowest BCUT2D eigenvalue weighted by Crippen LogP contribution is -2.19. The first-order chi connectivity index (χ1) is 9.31. The third-order valence-corrected chi connectivity index (χ3v) is 3.38. The molecule has 0 aliphatic carbocycles. The number of nitrogens with two attached hydrogens (primary N) is 1. The highest BCUT2D eigenvalue weighted by Crippen LogP contribution is 2.24. The van der Waals surface area contributed by atoms with Crippen molar-refractivity contribution in [3.05, 3.63) is 35.2 Å². The minimum absolute atomic E-state index is 0.604. The highest BCUT2D eigenvalue weighted by atomic mass is 32.2. The molecule has 20 heavy (non-hydrogen) atoms. The number of benzene rings is 1. The van der Waals surface area contributed by atoms with E-state index in [0.717, 1.165) is 16.2 Å². The molecule has 0 aromatic heterocycles. The molecular formula is C14H22N5S+. The Morgan fingerprint density at radius 1 is 1.40 bits per heavy atom. The first kappa shape index (κ1) is 16.2. The van der Waals surface area contributed by atoms with Gasteiger partial charge in [-0.05, 0) is 47.6 Å². The Labute approximate surface area is 124 Å². The van der Waals surface area contributed by atoms with Crippen LogP contribution in [0.25, 0.3) is 0 Å². The number of allylic oxidation sites excluding steroid dienone is 1. The predicted octanol–water partition coefficient (Wildman–Crippen LogP) is 3.28. The maximum Gasteiger partial charge on any atom is 0.408 e. The Bertz CT molecular complexity index is 557. The van der Waals surface area contributed by atoms with Crippen LogP contribution in [0.15, 0.2) is 39.9 Å². The van der Waals surface area contributed by atoms with Gasteiger partial charge in [0, 0.05) is 31.5 Å². The SMILES string of the molecule is C=C(C)S/C(N=Nc1ccc(N(C)C)c(C)c1)=[N+](/C)N. The van der Waals surface area contributed by atoms with E-state index in [2.05, 4.69) is 28.6 Å². The van der Waals surface area contributed by atoms with Gasteiger partial charge in [0.1, 0.15) is 12.7 Å². The van der Waals surface area contributed by atoms with E-state index in [0.29, 0.717) is 5.17 Å². The van der Waals surface area contributed by atoms with Gasteiger partial charge in [0.25, 0.3) is 0 Å². The van der Waals surface area contributed by atoms with E-state index in [4.69, 9.17) is 5.84 Å². The summed E-state index contributed by atoms with van der Waals surface area (Å²) < 4.78 is 1.43. The molecule has 0 unspecified atom stereocenters. The summed E-state index contributed by atoms with van der Waals surface area (Å²) in [5.41, 5.74) is 3.12. The van der Waals surface area contributed by atoms with Gasteiger partial charge in [-0.3, -0.25) is 5.84 Å². The summed E-state index contributed by atoms with van der Waals surface area (Å²) in [6, 6.07) is 5.96. The second-order valence-corrected chi connectivity index (χ2v) is 6.03. The molecule has 0 aliphatic rings. The molecule has 0 saturated heterocycles. The molecule has 2 N–H and O–H groups in total. The molecule has 5 nitrogen and oxygen atoms in total. The summed E-state index contributed by atoms with van der Waals surface area (Å²) >= 11 is 1.39. The molecule has 0 heterocycles. The number of anilines is 1.